The predicted octanol–water partition coefficient (Wildman–Crippen LogP) is 3.48. The summed E-state index contributed by atoms with van der Waals surface area (Å²) in [4.78, 5) is 15.4. The van der Waals surface area contributed by atoms with Crippen molar-refractivity contribution < 1.29 is 4.79 Å². The van der Waals surface area contributed by atoms with Crippen LogP contribution in [0.5, 0.6) is 0 Å². The summed E-state index contributed by atoms with van der Waals surface area (Å²) >= 11 is 5.55. The van der Waals surface area contributed by atoms with E-state index >= 15 is 0 Å². The minimum Gasteiger partial charge on any atom is -0.353 e. The second-order valence-corrected chi connectivity index (χ2v) is 6.76. The summed E-state index contributed by atoms with van der Waals surface area (Å²) in [5.41, 5.74) is 2.40. The summed E-state index contributed by atoms with van der Waals surface area (Å²) in [6.07, 6.45) is 3.17. The van der Waals surface area contributed by atoms with Crippen LogP contribution in [0.1, 0.15) is 18.4 Å². The highest BCUT2D eigenvalue weighted by atomic mass is 32.1. The maximum absolute atomic E-state index is 11.8. The number of nitrogens with one attached hydrogen (secondary N) is 1. The van der Waals surface area contributed by atoms with Gasteiger partial charge in [0.2, 0.25) is 5.91 Å². The Labute approximate surface area is 161 Å². The van der Waals surface area contributed by atoms with Crippen LogP contribution in [-0.4, -0.2) is 43.1 Å². The first-order valence-electron chi connectivity index (χ1n) is 8.92. The molecule has 0 heterocycles. The van der Waals surface area contributed by atoms with Crippen LogP contribution in [0.25, 0.3) is 0 Å². The molecular weight excluding hydrogens is 342 g/mol. The molecule has 4 nitrogen and oxygen atoms in total. The number of unbranched alkanes of at least 4 members (excludes halogenated alkanes) is 1. The molecule has 0 saturated heterocycles. The zero-order chi connectivity index (χ0) is 18.8. The Morgan fingerprint density at radius 3 is 2.19 bits per heavy atom. The summed E-state index contributed by atoms with van der Waals surface area (Å²) in [5.74, 6) is 0.00411. The SMILES string of the molecule is CN(C)C(=O)CNC(=S)N(CCCCc1ccccc1)c1ccccc1. The van der Waals surface area contributed by atoms with E-state index in [1.54, 1.807) is 19.0 Å². The summed E-state index contributed by atoms with van der Waals surface area (Å²) in [7, 11) is 3.48. The van der Waals surface area contributed by atoms with Gasteiger partial charge in [0.05, 0.1) is 6.54 Å². The molecule has 26 heavy (non-hydrogen) atoms. The van der Waals surface area contributed by atoms with Crippen molar-refractivity contribution in [3.05, 3.63) is 66.2 Å². The number of anilines is 1. The van der Waals surface area contributed by atoms with Crippen LogP contribution in [-0.2, 0) is 11.2 Å². The maximum atomic E-state index is 11.8. The smallest absolute Gasteiger partial charge is 0.241 e. The zero-order valence-corrected chi connectivity index (χ0v) is 16.3. The second kappa shape index (κ2) is 10.6. The molecule has 0 saturated carbocycles. The maximum Gasteiger partial charge on any atom is 0.241 e. The van der Waals surface area contributed by atoms with Crippen LogP contribution < -0.4 is 10.2 Å². The van der Waals surface area contributed by atoms with Crippen molar-refractivity contribution in [3.8, 4) is 0 Å². The van der Waals surface area contributed by atoms with Crippen LogP contribution in [0.15, 0.2) is 60.7 Å². The first kappa shape index (κ1) is 19.9. The number of nitrogens with zero attached hydrogens (tertiary/aromatic N) is 2. The Bertz CT molecular complexity index is 689. The molecule has 0 unspecified atom stereocenters. The molecule has 1 N–H and O–H groups in total. The number of rotatable bonds is 8. The van der Waals surface area contributed by atoms with E-state index < -0.39 is 0 Å². The number of benzene rings is 2. The largest absolute Gasteiger partial charge is 0.353 e. The molecule has 0 aromatic heterocycles. The van der Waals surface area contributed by atoms with Crippen LogP contribution in [0, 0.1) is 0 Å². The van der Waals surface area contributed by atoms with Crippen LogP contribution in [0.3, 0.4) is 0 Å². The fourth-order valence-corrected chi connectivity index (χ4v) is 2.87. The third-order valence-corrected chi connectivity index (χ3v) is 4.51. The standard InChI is InChI=1S/C21H27N3OS/c1-23(2)20(25)17-22-21(26)24(19-14-7-4-8-15-19)16-10-9-13-18-11-5-3-6-12-18/h3-8,11-12,14-15H,9-10,13,16-17H2,1-2H3,(H,22,26). The number of carbonyl (C=O) groups excluding carboxylic acids is 1. The average molecular weight is 370 g/mol. The van der Waals surface area contributed by atoms with E-state index in [0.29, 0.717) is 5.11 Å². The summed E-state index contributed by atoms with van der Waals surface area (Å²) in [6, 6.07) is 20.6. The van der Waals surface area contributed by atoms with Gasteiger partial charge in [0.1, 0.15) is 0 Å². The molecule has 0 bridgehead atoms. The van der Waals surface area contributed by atoms with Gasteiger partial charge < -0.3 is 15.1 Å². The van der Waals surface area contributed by atoms with Gasteiger partial charge in [-0.15, -0.1) is 0 Å². The molecule has 0 spiro atoms. The van der Waals surface area contributed by atoms with E-state index in [1.807, 2.05) is 36.4 Å². The molecule has 2 rings (SSSR count). The normalized spacial score (nSPS) is 10.2. The van der Waals surface area contributed by atoms with Gasteiger partial charge in [-0.2, -0.15) is 0 Å². The fraction of sp³-hybridized carbons (Fsp3) is 0.333. The number of thiocarbonyl (C=S) groups is 1. The molecule has 0 aliphatic heterocycles. The van der Waals surface area contributed by atoms with E-state index in [4.69, 9.17) is 12.2 Å². The number of aryl methyl sites for hydroxylation is 1. The molecule has 5 heteroatoms. The van der Waals surface area contributed by atoms with E-state index in [-0.39, 0.29) is 12.5 Å². The summed E-state index contributed by atoms with van der Waals surface area (Å²) in [6.45, 7) is 1.03. The van der Waals surface area contributed by atoms with Crippen molar-refractivity contribution in [1.82, 2.24) is 10.2 Å². The molecule has 1 amide bonds. The van der Waals surface area contributed by atoms with Gasteiger partial charge in [0.25, 0.3) is 0 Å². The molecule has 0 radical (unpaired) electrons. The van der Waals surface area contributed by atoms with E-state index in [2.05, 4.69) is 34.5 Å². The quantitative estimate of drug-likeness (QED) is 0.571. The molecule has 0 atom stereocenters. The minimum absolute atomic E-state index is 0.00411. The van der Waals surface area contributed by atoms with Crippen molar-refractivity contribution >= 4 is 28.9 Å². The Hall–Kier alpha value is -2.40. The van der Waals surface area contributed by atoms with Crippen LogP contribution >= 0.6 is 12.2 Å². The van der Waals surface area contributed by atoms with Gasteiger partial charge in [-0.3, -0.25) is 4.79 Å². The lowest BCUT2D eigenvalue weighted by Gasteiger charge is -2.26. The third kappa shape index (κ3) is 6.48. The molecule has 138 valence electrons. The highest BCUT2D eigenvalue weighted by molar-refractivity contribution is 7.80. The Morgan fingerprint density at radius 1 is 0.962 bits per heavy atom. The number of hydrogen-bond acceptors (Lipinski definition) is 2. The van der Waals surface area contributed by atoms with E-state index in [0.717, 1.165) is 31.5 Å². The lowest BCUT2D eigenvalue weighted by molar-refractivity contribution is -0.127. The Morgan fingerprint density at radius 2 is 1.58 bits per heavy atom. The zero-order valence-electron chi connectivity index (χ0n) is 15.5. The van der Waals surface area contributed by atoms with Crippen molar-refractivity contribution in [1.29, 1.82) is 0 Å². The molecular formula is C21H27N3OS. The van der Waals surface area contributed by atoms with Crippen molar-refractivity contribution in [2.45, 2.75) is 19.3 Å². The highest BCUT2D eigenvalue weighted by Gasteiger charge is 2.13. The topological polar surface area (TPSA) is 35.6 Å². The first-order valence-corrected chi connectivity index (χ1v) is 9.33. The fourth-order valence-electron chi connectivity index (χ4n) is 2.60. The van der Waals surface area contributed by atoms with Crippen molar-refractivity contribution in [2.24, 2.45) is 0 Å². The third-order valence-electron chi connectivity index (χ3n) is 4.14. The average Bonchev–Trinajstić information content (AvgIpc) is 2.67. The lowest BCUT2D eigenvalue weighted by atomic mass is 10.1. The van der Waals surface area contributed by atoms with Gasteiger partial charge in [0, 0.05) is 26.3 Å². The number of carbonyl (C=O) groups is 1. The summed E-state index contributed by atoms with van der Waals surface area (Å²) in [5, 5.41) is 3.68. The first-order chi connectivity index (χ1) is 12.6. The lowest BCUT2D eigenvalue weighted by Crippen LogP contribution is -2.44. The van der Waals surface area contributed by atoms with Crippen LogP contribution in [0.2, 0.25) is 0 Å². The monoisotopic (exact) mass is 369 g/mol. The van der Waals surface area contributed by atoms with Gasteiger partial charge in [-0.05, 0) is 49.2 Å². The van der Waals surface area contributed by atoms with E-state index in [1.165, 1.54) is 5.56 Å². The molecule has 0 fully saturated rings. The second-order valence-electron chi connectivity index (χ2n) is 6.38. The molecule has 0 aliphatic rings. The highest BCUT2D eigenvalue weighted by Crippen LogP contribution is 2.15. The van der Waals surface area contributed by atoms with Gasteiger partial charge >= 0.3 is 0 Å². The molecule has 0 aliphatic carbocycles. The van der Waals surface area contributed by atoms with E-state index in [9.17, 15) is 4.79 Å². The minimum atomic E-state index is 0.00411. The number of likely N-dealkylation sites (N-methyl/N-ethyl adjacent to an activating group) is 1. The van der Waals surface area contributed by atoms with Gasteiger partial charge in [-0.25, -0.2) is 0 Å². The van der Waals surface area contributed by atoms with Crippen molar-refractivity contribution in [3.63, 3.8) is 0 Å². The Balaban J connectivity index is 1.91. The number of amides is 1. The Kier molecular flexibility index (Phi) is 8.09. The predicted molar refractivity (Wildman–Crippen MR) is 112 cm³/mol. The van der Waals surface area contributed by atoms with Gasteiger partial charge in [0.15, 0.2) is 5.11 Å². The molecule has 2 aromatic rings. The molecule has 2 aromatic carbocycles. The number of para-hydroxylation sites is 1. The number of hydrogen-bond donors (Lipinski definition) is 1. The van der Waals surface area contributed by atoms with Gasteiger partial charge in [-0.1, -0.05) is 48.5 Å². The van der Waals surface area contributed by atoms with Crippen LogP contribution in [0.4, 0.5) is 5.69 Å². The van der Waals surface area contributed by atoms with Crippen molar-refractivity contribution in [2.75, 3.05) is 32.1 Å². The summed E-state index contributed by atoms with van der Waals surface area (Å²) < 4.78 is 0.